The minimum Gasteiger partial charge on any atom is -0.468 e. The van der Waals surface area contributed by atoms with Gasteiger partial charge >= 0.3 is 0 Å². The van der Waals surface area contributed by atoms with Crippen LogP contribution in [-0.2, 0) is 4.74 Å². The molecule has 0 aliphatic carbocycles. The lowest BCUT2D eigenvalue weighted by Gasteiger charge is -2.19. The van der Waals surface area contributed by atoms with Crippen LogP contribution in [-0.4, -0.2) is 18.7 Å². The van der Waals surface area contributed by atoms with Crippen LogP contribution in [0.3, 0.4) is 0 Å². The first-order chi connectivity index (χ1) is 4.81. The van der Waals surface area contributed by atoms with Crippen LogP contribution in [0.4, 0.5) is 4.79 Å². The van der Waals surface area contributed by atoms with Gasteiger partial charge in [-0.2, -0.15) is 0 Å². The minimum atomic E-state index is -0.341. The standard InChI is InChI=1S/C8H17BO2/c1-6(2)9-7(10)11-8(3,4)5/h6,9H,1-5H3. The zero-order valence-corrected chi connectivity index (χ0v) is 8.10. The predicted molar refractivity (Wildman–Crippen MR) is 48.5 cm³/mol. The average Bonchev–Trinajstić information content (AvgIpc) is 1.53. The first-order valence-electron chi connectivity index (χ1n) is 4.03. The Balaban J connectivity index is 3.71. The lowest BCUT2D eigenvalue weighted by Crippen LogP contribution is -2.27. The maximum absolute atomic E-state index is 11.0. The Morgan fingerprint density at radius 1 is 1.36 bits per heavy atom. The quantitative estimate of drug-likeness (QED) is 0.572. The molecule has 0 aromatic rings. The molecule has 0 bridgehead atoms. The fourth-order valence-electron chi connectivity index (χ4n) is 0.717. The van der Waals surface area contributed by atoms with Crippen LogP contribution in [0.2, 0.25) is 5.82 Å². The van der Waals surface area contributed by atoms with E-state index in [9.17, 15) is 4.79 Å². The normalized spacial score (nSPS) is 11.5. The van der Waals surface area contributed by atoms with Gasteiger partial charge in [-0.3, -0.25) is 4.79 Å². The van der Waals surface area contributed by atoms with Gasteiger partial charge in [-0.05, 0) is 20.8 Å². The van der Waals surface area contributed by atoms with Crippen molar-refractivity contribution in [1.82, 2.24) is 0 Å². The molecule has 0 atom stereocenters. The van der Waals surface area contributed by atoms with Gasteiger partial charge in [0, 0.05) is 0 Å². The average molecular weight is 156 g/mol. The smallest absolute Gasteiger partial charge is 0.262 e. The van der Waals surface area contributed by atoms with Gasteiger partial charge in [0.2, 0.25) is 5.87 Å². The molecule has 0 aromatic carbocycles. The Morgan fingerprint density at radius 2 is 1.82 bits per heavy atom. The van der Waals surface area contributed by atoms with E-state index in [1.807, 2.05) is 34.6 Å². The molecule has 11 heavy (non-hydrogen) atoms. The van der Waals surface area contributed by atoms with Gasteiger partial charge in [-0.1, -0.05) is 19.7 Å². The molecule has 0 spiro atoms. The molecule has 0 saturated heterocycles. The number of hydrogen-bond acceptors (Lipinski definition) is 2. The molecule has 0 heterocycles. The maximum atomic E-state index is 11.0. The number of hydrogen-bond donors (Lipinski definition) is 0. The van der Waals surface area contributed by atoms with E-state index in [0.29, 0.717) is 13.1 Å². The number of ether oxygens (including phenoxy) is 1. The highest BCUT2D eigenvalue weighted by atomic mass is 16.5. The molecule has 64 valence electrons. The molecule has 0 amide bonds. The fourth-order valence-corrected chi connectivity index (χ4v) is 0.717. The minimum absolute atomic E-state index is 0.104. The first kappa shape index (κ1) is 10.5. The lowest BCUT2D eigenvalue weighted by molar-refractivity contribution is 0.0716. The largest absolute Gasteiger partial charge is 0.468 e. The molecule has 0 unspecified atom stereocenters. The Morgan fingerprint density at radius 3 is 2.09 bits per heavy atom. The summed E-state index contributed by atoms with van der Waals surface area (Å²) in [4.78, 5) is 11.0. The van der Waals surface area contributed by atoms with Crippen LogP contribution in [0.1, 0.15) is 34.6 Å². The van der Waals surface area contributed by atoms with Crippen LogP contribution >= 0.6 is 0 Å². The molecule has 3 heteroatoms. The highest BCUT2D eigenvalue weighted by molar-refractivity contribution is 6.73. The molecule has 0 N–H and O–H groups in total. The highest BCUT2D eigenvalue weighted by Crippen LogP contribution is 2.09. The Labute approximate surface area is 69.6 Å². The number of carbonyl (C=O) groups excluding carboxylic acids is 1. The van der Waals surface area contributed by atoms with E-state index >= 15 is 0 Å². The zero-order chi connectivity index (χ0) is 9.07. The van der Waals surface area contributed by atoms with Gasteiger partial charge < -0.3 is 4.74 Å². The summed E-state index contributed by atoms with van der Waals surface area (Å²) >= 11 is 0. The second kappa shape index (κ2) is 3.79. The van der Waals surface area contributed by atoms with Crippen LogP contribution in [0, 0.1) is 0 Å². The molecule has 0 fully saturated rings. The third-order valence-corrected chi connectivity index (χ3v) is 0.995. The third kappa shape index (κ3) is 7.43. The van der Waals surface area contributed by atoms with Crippen molar-refractivity contribution in [3.05, 3.63) is 0 Å². The molecule has 2 nitrogen and oxygen atoms in total. The predicted octanol–water partition coefficient (Wildman–Crippen LogP) is 2.19. The summed E-state index contributed by atoms with van der Waals surface area (Å²) in [5, 5.41) is 0. The van der Waals surface area contributed by atoms with Gasteiger partial charge in [0.15, 0.2) is 0 Å². The van der Waals surface area contributed by atoms with Crippen LogP contribution in [0.5, 0.6) is 0 Å². The third-order valence-electron chi connectivity index (χ3n) is 0.995. The molecule has 0 radical (unpaired) electrons. The SMILES string of the molecule is CC(C)BC(=O)OC(C)(C)C. The van der Waals surface area contributed by atoms with E-state index in [4.69, 9.17) is 4.74 Å². The monoisotopic (exact) mass is 156 g/mol. The molecule has 0 aliphatic heterocycles. The van der Waals surface area contributed by atoms with E-state index < -0.39 is 0 Å². The Kier molecular flexibility index (Phi) is 3.63. The highest BCUT2D eigenvalue weighted by Gasteiger charge is 2.17. The summed E-state index contributed by atoms with van der Waals surface area (Å²) in [5.74, 6) is 0.275. The van der Waals surface area contributed by atoms with E-state index in [-0.39, 0.29) is 11.5 Å². The van der Waals surface area contributed by atoms with Crippen molar-refractivity contribution in [3.63, 3.8) is 0 Å². The summed E-state index contributed by atoms with van der Waals surface area (Å²) in [6.45, 7) is 9.65. The topological polar surface area (TPSA) is 26.3 Å². The van der Waals surface area contributed by atoms with Crippen LogP contribution < -0.4 is 0 Å². The molecule has 0 rings (SSSR count). The zero-order valence-electron chi connectivity index (χ0n) is 8.10. The van der Waals surface area contributed by atoms with Crippen molar-refractivity contribution in [2.75, 3.05) is 0 Å². The number of carbonyl (C=O) groups is 1. The summed E-state index contributed by atoms with van der Waals surface area (Å²) in [7, 11) is 0.511. The van der Waals surface area contributed by atoms with E-state index in [1.54, 1.807) is 0 Å². The molecular formula is C8H17BO2. The fraction of sp³-hybridized carbons (Fsp3) is 0.875. The van der Waals surface area contributed by atoms with Crippen LogP contribution in [0.15, 0.2) is 0 Å². The van der Waals surface area contributed by atoms with Gasteiger partial charge in [-0.25, -0.2) is 0 Å². The first-order valence-corrected chi connectivity index (χ1v) is 4.03. The van der Waals surface area contributed by atoms with Gasteiger partial charge in [-0.15, -0.1) is 0 Å². The maximum Gasteiger partial charge on any atom is 0.262 e. The summed E-state index contributed by atoms with van der Waals surface area (Å²) in [6.07, 6.45) is 0. The molecule has 0 saturated carbocycles. The molecule has 0 aliphatic rings. The van der Waals surface area contributed by atoms with Crippen molar-refractivity contribution in [3.8, 4) is 0 Å². The van der Waals surface area contributed by atoms with Crippen LogP contribution in [0.25, 0.3) is 0 Å². The second-order valence-corrected chi connectivity index (χ2v) is 4.18. The summed E-state index contributed by atoms with van der Waals surface area (Å²) in [6, 6.07) is 0. The second-order valence-electron chi connectivity index (χ2n) is 4.18. The van der Waals surface area contributed by atoms with Crippen molar-refractivity contribution in [2.24, 2.45) is 0 Å². The number of rotatable bonds is 2. The van der Waals surface area contributed by atoms with Crippen molar-refractivity contribution in [1.29, 1.82) is 0 Å². The lowest BCUT2D eigenvalue weighted by atomic mass is 9.66. The summed E-state index contributed by atoms with van der Waals surface area (Å²) in [5.41, 5.74) is -0.341. The van der Waals surface area contributed by atoms with Crippen molar-refractivity contribution in [2.45, 2.75) is 46.0 Å². The summed E-state index contributed by atoms with van der Waals surface area (Å²) < 4.78 is 5.11. The van der Waals surface area contributed by atoms with E-state index in [2.05, 4.69) is 0 Å². The van der Waals surface area contributed by atoms with E-state index in [1.165, 1.54) is 0 Å². The molecule has 0 aromatic heterocycles. The van der Waals surface area contributed by atoms with Crippen molar-refractivity contribution >= 4 is 13.1 Å². The molecular weight excluding hydrogens is 139 g/mol. The van der Waals surface area contributed by atoms with Gasteiger partial charge in [0.1, 0.15) is 5.60 Å². The Hall–Kier alpha value is -0.465. The van der Waals surface area contributed by atoms with Gasteiger partial charge in [0.05, 0.1) is 0 Å². The van der Waals surface area contributed by atoms with E-state index in [0.717, 1.165) is 0 Å². The van der Waals surface area contributed by atoms with Crippen molar-refractivity contribution < 1.29 is 9.53 Å². The van der Waals surface area contributed by atoms with Gasteiger partial charge in [0.25, 0.3) is 7.28 Å². The Bertz CT molecular complexity index is 136.